The zero-order valence-electron chi connectivity index (χ0n) is 6.87. The molecule has 12 heavy (non-hydrogen) atoms. The number of amides is 2. The molecule has 0 saturated heterocycles. The fraction of sp³-hybridized carbons (Fsp3) is 0.667. The number of hydrogen-bond acceptors (Lipinski definition) is 4. The third-order valence-corrected chi connectivity index (χ3v) is 1.07. The van der Waals surface area contributed by atoms with Crippen LogP contribution >= 0.6 is 0 Å². The Hall–Kier alpha value is -1.14. The normalized spacial score (nSPS) is 12.2. The summed E-state index contributed by atoms with van der Waals surface area (Å²) < 4.78 is 0. The first-order valence-corrected chi connectivity index (χ1v) is 3.53. The quantitative estimate of drug-likeness (QED) is 0.431. The van der Waals surface area contributed by atoms with Crippen LogP contribution in [-0.2, 0) is 14.4 Å². The molecule has 0 aromatic heterocycles. The van der Waals surface area contributed by atoms with E-state index < -0.39 is 17.9 Å². The molecule has 6 heteroatoms. The van der Waals surface area contributed by atoms with E-state index in [0.717, 1.165) is 0 Å². The highest BCUT2D eigenvalue weighted by atomic mass is 16.6. The van der Waals surface area contributed by atoms with Gasteiger partial charge >= 0.3 is 0 Å². The molecule has 0 aromatic rings. The van der Waals surface area contributed by atoms with Crippen LogP contribution in [0.4, 0.5) is 0 Å². The Labute approximate surface area is 70.2 Å². The minimum Gasteiger partial charge on any atom is -0.370 e. The molecule has 1 atom stereocenters. The molecule has 5 N–H and O–H groups in total. The standard InChI is InChI=1S/C6H13N3O3/c1-2-12-9-6(11)4(7)3-5(8)10/h4H,2-3,7H2,1H3,(H2,8,10)(H,9,11). The number of carbonyl (C=O) groups excluding carboxylic acids is 2. The van der Waals surface area contributed by atoms with E-state index in [1.165, 1.54) is 0 Å². The first kappa shape index (κ1) is 10.9. The second-order valence-corrected chi connectivity index (χ2v) is 2.18. The van der Waals surface area contributed by atoms with Gasteiger partial charge in [-0.15, -0.1) is 0 Å². The van der Waals surface area contributed by atoms with E-state index in [1.54, 1.807) is 6.92 Å². The minimum atomic E-state index is -0.936. The van der Waals surface area contributed by atoms with Crippen LogP contribution < -0.4 is 16.9 Å². The van der Waals surface area contributed by atoms with Crippen molar-refractivity contribution in [3.05, 3.63) is 0 Å². The Morgan fingerprint density at radius 1 is 1.58 bits per heavy atom. The lowest BCUT2D eigenvalue weighted by atomic mass is 10.2. The maximum atomic E-state index is 10.9. The van der Waals surface area contributed by atoms with Crippen LogP contribution in [-0.4, -0.2) is 24.5 Å². The summed E-state index contributed by atoms with van der Waals surface area (Å²) in [4.78, 5) is 25.7. The summed E-state index contributed by atoms with van der Waals surface area (Å²) in [7, 11) is 0. The van der Waals surface area contributed by atoms with Gasteiger partial charge in [-0.05, 0) is 6.92 Å². The fourth-order valence-corrected chi connectivity index (χ4v) is 0.528. The van der Waals surface area contributed by atoms with Gasteiger partial charge in [-0.2, -0.15) is 0 Å². The molecule has 0 aliphatic heterocycles. The predicted octanol–water partition coefficient (Wildman–Crippen LogP) is -1.74. The summed E-state index contributed by atoms with van der Waals surface area (Å²) in [6, 6.07) is -0.936. The summed E-state index contributed by atoms with van der Waals surface area (Å²) in [6.07, 6.45) is -0.182. The molecule has 0 bridgehead atoms. The van der Waals surface area contributed by atoms with Crippen LogP contribution in [0.15, 0.2) is 0 Å². The number of rotatable bonds is 5. The third-order valence-electron chi connectivity index (χ3n) is 1.07. The van der Waals surface area contributed by atoms with Crippen molar-refractivity contribution >= 4 is 11.8 Å². The van der Waals surface area contributed by atoms with Crippen molar-refractivity contribution in [1.82, 2.24) is 5.48 Å². The lowest BCUT2D eigenvalue weighted by Crippen LogP contribution is -2.42. The lowest BCUT2D eigenvalue weighted by molar-refractivity contribution is -0.136. The van der Waals surface area contributed by atoms with Gasteiger partial charge in [0.05, 0.1) is 19.1 Å². The van der Waals surface area contributed by atoms with E-state index in [0.29, 0.717) is 6.61 Å². The van der Waals surface area contributed by atoms with Gasteiger partial charge < -0.3 is 11.5 Å². The van der Waals surface area contributed by atoms with Gasteiger partial charge in [-0.25, -0.2) is 5.48 Å². The number of hydrogen-bond donors (Lipinski definition) is 3. The molecule has 0 rings (SSSR count). The zero-order chi connectivity index (χ0) is 9.56. The van der Waals surface area contributed by atoms with Crippen LogP contribution in [0.5, 0.6) is 0 Å². The van der Waals surface area contributed by atoms with E-state index in [1.807, 2.05) is 0 Å². The highest BCUT2D eigenvalue weighted by Crippen LogP contribution is 1.86. The van der Waals surface area contributed by atoms with Crippen molar-refractivity contribution in [2.24, 2.45) is 11.5 Å². The van der Waals surface area contributed by atoms with Gasteiger partial charge in [-0.3, -0.25) is 14.4 Å². The Kier molecular flexibility index (Phi) is 4.98. The van der Waals surface area contributed by atoms with Crippen molar-refractivity contribution < 1.29 is 14.4 Å². The lowest BCUT2D eigenvalue weighted by Gasteiger charge is -2.08. The Morgan fingerprint density at radius 3 is 2.58 bits per heavy atom. The largest absolute Gasteiger partial charge is 0.370 e. The van der Waals surface area contributed by atoms with Crippen LogP contribution in [0.25, 0.3) is 0 Å². The average Bonchev–Trinajstić information content (AvgIpc) is 1.98. The van der Waals surface area contributed by atoms with E-state index in [-0.39, 0.29) is 6.42 Å². The van der Waals surface area contributed by atoms with Crippen LogP contribution in [0.3, 0.4) is 0 Å². The summed E-state index contributed by atoms with van der Waals surface area (Å²) in [5.74, 6) is -1.16. The number of nitrogens with one attached hydrogen (secondary N) is 1. The van der Waals surface area contributed by atoms with Gasteiger partial charge in [0.1, 0.15) is 0 Å². The Balaban J connectivity index is 3.69. The summed E-state index contributed by atoms with van der Waals surface area (Å²) in [6.45, 7) is 2.05. The minimum absolute atomic E-state index is 0.182. The summed E-state index contributed by atoms with van der Waals surface area (Å²) in [5.41, 5.74) is 12.2. The number of carbonyl (C=O) groups is 2. The zero-order valence-corrected chi connectivity index (χ0v) is 6.87. The van der Waals surface area contributed by atoms with Gasteiger partial charge in [0.15, 0.2) is 0 Å². The Morgan fingerprint density at radius 2 is 2.17 bits per heavy atom. The molecule has 6 nitrogen and oxygen atoms in total. The number of nitrogens with two attached hydrogens (primary N) is 2. The van der Waals surface area contributed by atoms with Gasteiger partial charge in [-0.1, -0.05) is 0 Å². The van der Waals surface area contributed by atoms with E-state index in [9.17, 15) is 9.59 Å². The molecular formula is C6H13N3O3. The molecule has 0 saturated carbocycles. The van der Waals surface area contributed by atoms with Gasteiger partial charge in [0.2, 0.25) is 5.91 Å². The molecule has 0 aliphatic rings. The topological polar surface area (TPSA) is 107 Å². The smallest absolute Gasteiger partial charge is 0.260 e. The molecular weight excluding hydrogens is 162 g/mol. The van der Waals surface area contributed by atoms with Gasteiger partial charge in [0, 0.05) is 0 Å². The van der Waals surface area contributed by atoms with Gasteiger partial charge in [0.25, 0.3) is 5.91 Å². The third kappa shape index (κ3) is 4.64. The van der Waals surface area contributed by atoms with Crippen LogP contribution in [0, 0.1) is 0 Å². The predicted molar refractivity (Wildman–Crippen MR) is 41.6 cm³/mol. The first-order valence-electron chi connectivity index (χ1n) is 3.53. The monoisotopic (exact) mass is 175 g/mol. The molecule has 0 spiro atoms. The van der Waals surface area contributed by atoms with Crippen molar-refractivity contribution in [1.29, 1.82) is 0 Å². The second kappa shape index (κ2) is 5.50. The number of hydroxylamine groups is 1. The molecule has 0 aliphatic carbocycles. The fourth-order valence-electron chi connectivity index (χ4n) is 0.528. The number of primary amides is 1. The van der Waals surface area contributed by atoms with Crippen molar-refractivity contribution in [3.8, 4) is 0 Å². The maximum absolute atomic E-state index is 10.9. The van der Waals surface area contributed by atoms with Crippen LogP contribution in [0.2, 0.25) is 0 Å². The molecule has 0 heterocycles. The molecule has 2 amide bonds. The SMILES string of the molecule is CCONC(=O)C(N)CC(N)=O. The van der Waals surface area contributed by atoms with E-state index in [2.05, 4.69) is 10.3 Å². The van der Waals surface area contributed by atoms with Crippen LogP contribution in [0.1, 0.15) is 13.3 Å². The highest BCUT2D eigenvalue weighted by molar-refractivity contribution is 5.86. The molecule has 0 radical (unpaired) electrons. The van der Waals surface area contributed by atoms with Crippen molar-refractivity contribution in [2.75, 3.05) is 6.61 Å². The molecule has 0 aromatic carbocycles. The molecule has 0 fully saturated rings. The second-order valence-electron chi connectivity index (χ2n) is 2.18. The van der Waals surface area contributed by atoms with E-state index in [4.69, 9.17) is 11.5 Å². The summed E-state index contributed by atoms with van der Waals surface area (Å²) >= 11 is 0. The molecule has 1 unspecified atom stereocenters. The van der Waals surface area contributed by atoms with E-state index >= 15 is 0 Å². The average molecular weight is 175 g/mol. The highest BCUT2D eigenvalue weighted by Gasteiger charge is 2.15. The Bertz CT molecular complexity index is 171. The summed E-state index contributed by atoms with van der Waals surface area (Å²) in [5, 5.41) is 0. The van der Waals surface area contributed by atoms with Crippen molar-refractivity contribution in [2.45, 2.75) is 19.4 Å². The first-order chi connectivity index (χ1) is 5.57. The maximum Gasteiger partial charge on any atom is 0.260 e. The van der Waals surface area contributed by atoms with Crippen molar-refractivity contribution in [3.63, 3.8) is 0 Å². The molecule has 70 valence electrons.